The monoisotopic (exact) mass is 352 g/mol. The summed E-state index contributed by atoms with van der Waals surface area (Å²) in [6, 6.07) is 6.94. The lowest BCUT2D eigenvalue weighted by molar-refractivity contribution is -0.879. The third kappa shape index (κ3) is 3.46. The quantitative estimate of drug-likeness (QED) is 0.669. The van der Waals surface area contributed by atoms with Gasteiger partial charge in [0.15, 0.2) is 11.7 Å². The summed E-state index contributed by atoms with van der Waals surface area (Å²) in [5, 5.41) is 12.0. The Morgan fingerprint density at radius 1 is 1.21 bits per heavy atom. The van der Waals surface area contributed by atoms with Crippen molar-refractivity contribution in [3.63, 3.8) is 0 Å². The molecule has 24 heavy (non-hydrogen) atoms. The van der Waals surface area contributed by atoms with Gasteiger partial charge in [0.1, 0.15) is 6.54 Å². The third-order valence-corrected chi connectivity index (χ3v) is 5.82. The lowest BCUT2D eigenvalue weighted by Gasteiger charge is -2.33. The fraction of sp³-hybridized carbons (Fsp3) is 0.632. The van der Waals surface area contributed by atoms with E-state index in [9.17, 15) is 9.90 Å². The van der Waals surface area contributed by atoms with Gasteiger partial charge >= 0.3 is 5.97 Å². The highest BCUT2D eigenvalue weighted by Crippen LogP contribution is 2.42. The van der Waals surface area contributed by atoms with E-state index in [2.05, 4.69) is 14.1 Å². The number of aliphatic hydroxyl groups is 1. The number of halogens is 1. The molecule has 0 spiro atoms. The molecule has 0 unspecified atom stereocenters. The summed E-state index contributed by atoms with van der Waals surface area (Å²) in [7, 11) is 4.27. The molecule has 0 amide bonds. The minimum absolute atomic E-state index is 0.0879. The molecule has 1 aromatic carbocycles. The van der Waals surface area contributed by atoms with Gasteiger partial charge in [-0.15, -0.1) is 0 Å². The Bertz CT molecular complexity index is 595. The van der Waals surface area contributed by atoms with Crippen LogP contribution in [0.15, 0.2) is 24.3 Å². The van der Waals surface area contributed by atoms with Crippen molar-refractivity contribution in [3.8, 4) is 0 Å². The third-order valence-electron chi connectivity index (χ3n) is 5.57. The van der Waals surface area contributed by atoms with Crippen LogP contribution in [0.4, 0.5) is 0 Å². The van der Waals surface area contributed by atoms with E-state index in [0.29, 0.717) is 10.6 Å². The number of hydrogen-bond acceptors (Lipinski definition) is 3. The number of carbonyl (C=O) groups is 1. The van der Waals surface area contributed by atoms with Crippen molar-refractivity contribution >= 4 is 17.6 Å². The molecular weight excluding hydrogens is 326 g/mol. The molecule has 1 aromatic rings. The molecule has 2 fully saturated rings. The average molecular weight is 353 g/mol. The lowest BCUT2D eigenvalue weighted by atomic mass is 9.80. The Kier molecular flexibility index (Phi) is 4.92. The highest BCUT2D eigenvalue weighted by Gasteiger charge is 2.49. The minimum Gasteiger partial charge on any atom is -0.454 e. The molecule has 1 heterocycles. The van der Waals surface area contributed by atoms with Gasteiger partial charge in [0.05, 0.1) is 20.6 Å². The van der Waals surface area contributed by atoms with Crippen LogP contribution in [0.3, 0.4) is 0 Å². The molecule has 0 aromatic heterocycles. The Balaban J connectivity index is 1.84. The first-order valence-electron chi connectivity index (χ1n) is 8.83. The smallest absolute Gasteiger partial charge is 0.343 e. The molecule has 2 atom stereocenters. The van der Waals surface area contributed by atoms with Gasteiger partial charge in [-0.1, -0.05) is 36.6 Å². The van der Waals surface area contributed by atoms with Gasteiger partial charge in [-0.25, -0.2) is 4.79 Å². The van der Waals surface area contributed by atoms with Gasteiger partial charge in [0.2, 0.25) is 0 Å². The van der Waals surface area contributed by atoms with Crippen LogP contribution in [0.2, 0.25) is 5.02 Å². The van der Waals surface area contributed by atoms with E-state index in [1.807, 2.05) is 0 Å². The van der Waals surface area contributed by atoms with Crippen LogP contribution in [-0.4, -0.2) is 48.8 Å². The van der Waals surface area contributed by atoms with Crippen LogP contribution in [0.1, 0.15) is 37.7 Å². The topological polar surface area (TPSA) is 46.5 Å². The first kappa shape index (κ1) is 17.7. The first-order valence-corrected chi connectivity index (χ1v) is 9.20. The Hall–Kier alpha value is -1.10. The number of quaternary nitrogens is 1. The van der Waals surface area contributed by atoms with Gasteiger partial charge < -0.3 is 14.3 Å². The molecule has 4 nitrogen and oxygen atoms in total. The van der Waals surface area contributed by atoms with Crippen LogP contribution in [0.5, 0.6) is 0 Å². The fourth-order valence-corrected chi connectivity index (χ4v) is 4.26. The van der Waals surface area contributed by atoms with Gasteiger partial charge in [0, 0.05) is 17.4 Å². The van der Waals surface area contributed by atoms with E-state index in [4.69, 9.17) is 16.3 Å². The summed E-state index contributed by atoms with van der Waals surface area (Å²) >= 11 is 5.97. The Morgan fingerprint density at radius 2 is 1.83 bits per heavy atom. The fourth-order valence-electron chi connectivity index (χ4n) is 4.13. The van der Waals surface area contributed by atoms with Gasteiger partial charge in [-0.2, -0.15) is 0 Å². The van der Waals surface area contributed by atoms with Crippen molar-refractivity contribution in [1.29, 1.82) is 0 Å². The van der Waals surface area contributed by atoms with Crippen molar-refractivity contribution in [1.82, 2.24) is 0 Å². The molecule has 1 saturated heterocycles. The number of esters is 1. The van der Waals surface area contributed by atoms with Gasteiger partial charge in [-0.05, 0) is 30.5 Å². The maximum atomic E-state index is 13.0. The molecule has 1 aliphatic carbocycles. The van der Waals surface area contributed by atoms with E-state index in [0.717, 1.165) is 49.7 Å². The van der Waals surface area contributed by atoms with E-state index in [1.165, 1.54) is 0 Å². The van der Waals surface area contributed by atoms with E-state index in [-0.39, 0.29) is 12.0 Å². The number of carbonyl (C=O) groups excluding carboxylic acids is 1. The number of hydrogen-bond donors (Lipinski definition) is 1. The summed E-state index contributed by atoms with van der Waals surface area (Å²) in [6.07, 6.45) is 4.51. The zero-order valence-corrected chi connectivity index (χ0v) is 15.3. The second kappa shape index (κ2) is 6.66. The Labute approximate surface area is 149 Å². The van der Waals surface area contributed by atoms with E-state index < -0.39 is 11.6 Å². The summed E-state index contributed by atoms with van der Waals surface area (Å²) < 4.78 is 6.62. The van der Waals surface area contributed by atoms with Crippen LogP contribution in [0.25, 0.3) is 0 Å². The van der Waals surface area contributed by atoms with Gasteiger partial charge in [0.25, 0.3) is 0 Å². The molecule has 2 aliphatic rings. The zero-order valence-electron chi connectivity index (χ0n) is 14.5. The number of nitrogens with zero attached hydrogens (tertiary/aromatic N) is 1. The highest BCUT2D eigenvalue weighted by atomic mass is 35.5. The summed E-state index contributed by atoms with van der Waals surface area (Å²) in [6.45, 7) is 1.79. The molecule has 5 heteroatoms. The van der Waals surface area contributed by atoms with Crippen LogP contribution < -0.4 is 0 Å². The predicted molar refractivity (Wildman–Crippen MR) is 93.6 cm³/mol. The SMILES string of the molecule is C[N+]1(C)CC[C@@H](OC(=O)[C@](O)(c2ccc(Cl)cc2)C2CCCC2)C1. The largest absolute Gasteiger partial charge is 0.454 e. The van der Waals surface area contributed by atoms with Crippen LogP contribution in [0, 0.1) is 5.92 Å². The summed E-state index contributed by atoms with van der Waals surface area (Å²) in [5.41, 5.74) is -0.976. The number of rotatable bonds is 4. The molecule has 1 saturated carbocycles. The molecule has 132 valence electrons. The normalized spacial score (nSPS) is 26.2. The molecule has 0 bridgehead atoms. The number of ether oxygens (including phenoxy) is 1. The predicted octanol–water partition coefficient (Wildman–Crippen LogP) is 3.11. The molecular formula is C19H27ClNO3+. The standard InChI is InChI=1S/C19H27ClNO3/c1-21(2)12-11-17(13-21)24-18(22)19(23,14-5-3-4-6-14)15-7-9-16(20)10-8-15/h7-10,14,17,23H,3-6,11-13H2,1-2H3/q+1/t17-,19-/m1/s1. The first-order chi connectivity index (χ1) is 11.3. The summed E-state index contributed by atoms with van der Waals surface area (Å²) in [5.74, 6) is -0.585. The Morgan fingerprint density at radius 3 is 2.38 bits per heavy atom. The van der Waals surface area contributed by atoms with E-state index in [1.54, 1.807) is 24.3 Å². The van der Waals surface area contributed by atoms with Crippen LogP contribution >= 0.6 is 11.6 Å². The van der Waals surface area contributed by atoms with Crippen molar-refractivity contribution < 1.29 is 19.1 Å². The molecule has 0 radical (unpaired) electrons. The molecule has 3 rings (SSSR count). The zero-order chi connectivity index (χ0) is 17.4. The van der Waals surface area contributed by atoms with Crippen molar-refractivity contribution in [2.45, 2.75) is 43.8 Å². The van der Waals surface area contributed by atoms with Gasteiger partial charge in [-0.3, -0.25) is 0 Å². The van der Waals surface area contributed by atoms with Crippen molar-refractivity contribution in [3.05, 3.63) is 34.9 Å². The second-order valence-electron chi connectivity index (χ2n) is 7.91. The number of likely N-dealkylation sites (N-methyl/N-ethyl adjacent to an activating group) is 1. The number of likely N-dealkylation sites (tertiary alicyclic amines) is 1. The average Bonchev–Trinajstić information content (AvgIpc) is 3.17. The summed E-state index contributed by atoms with van der Waals surface area (Å²) in [4.78, 5) is 13.0. The van der Waals surface area contributed by atoms with Crippen molar-refractivity contribution in [2.24, 2.45) is 5.92 Å². The maximum Gasteiger partial charge on any atom is 0.343 e. The van der Waals surface area contributed by atoms with Crippen molar-refractivity contribution in [2.75, 3.05) is 27.2 Å². The second-order valence-corrected chi connectivity index (χ2v) is 8.35. The van der Waals surface area contributed by atoms with Crippen LogP contribution in [-0.2, 0) is 15.1 Å². The molecule has 1 aliphatic heterocycles. The minimum atomic E-state index is -1.57. The highest BCUT2D eigenvalue weighted by molar-refractivity contribution is 6.30. The van der Waals surface area contributed by atoms with E-state index >= 15 is 0 Å². The number of benzene rings is 1. The molecule has 1 N–H and O–H groups in total. The lowest BCUT2D eigenvalue weighted by Crippen LogP contribution is -2.46. The maximum absolute atomic E-state index is 13.0.